The molecular formula is C14H19N3O3. The van der Waals surface area contributed by atoms with Gasteiger partial charge in [-0.3, -0.25) is 4.79 Å². The van der Waals surface area contributed by atoms with Crippen molar-refractivity contribution in [1.82, 2.24) is 14.9 Å². The highest BCUT2D eigenvalue weighted by Gasteiger charge is 2.51. The molecule has 1 amide bonds. The minimum atomic E-state index is -0.121. The molecule has 0 saturated carbocycles. The summed E-state index contributed by atoms with van der Waals surface area (Å²) in [7, 11) is 1.72. The number of carbonyl (C=O) groups is 1. The molecule has 0 aliphatic carbocycles. The van der Waals surface area contributed by atoms with Crippen LogP contribution in [0.1, 0.15) is 23.2 Å². The van der Waals surface area contributed by atoms with Crippen LogP contribution in [-0.2, 0) is 9.47 Å². The predicted octanol–water partition coefficient (Wildman–Crippen LogP) is 0.744. The van der Waals surface area contributed by atoms with Crippen molar-refractivity contribution in [2.24, 2.45) is 5.92 Å². The van der Waals surface area contributed by atoms with Crippen molar-refractivity contribution >= 4 is 5.91 Å². The Kier molecular flexibility index (Phi) is 3.67. The van der Waals surface area contributed by atoms with E-state index in [1.54, 1.807) is 24.4 Å². The Hall–Kier alpha value is -1.53. The van der Waals surface area contributed by atoms with Crippen molar-refractivity contribution in [3.05, 3.63) is 24.3 Å². The van der Waals surface area contributed by atoms with E-state index >= 15 is 0 Å². The van der Waals surface area contributed by atoms with E-state index < -0.39 is 0 Å². The fourth-order valence-electron chi connectivity index (χ4n) is 3.01. The molecular weight excluding hydrogens is 258 g/mol. The van der Waals surface area contributed by atoms with E-state index in [0.29, 0.717) is 24.6 Å². The average molecular weight is 277 g/mol. The highest BCUT2D eigenvalue weighted by molar-refractivity contribution is 5.94. The van der Waals surface area contributed by atoms with Crippen molar-refractivity contribution in [3.8, 4) is 0 Å². The Balaban J connectivity index is 1.53. The van der Waals surface area contributed by atoms with Crippen LogP contribution in [0.15, 0.2) is 18.7 Å². The molecule has 6 heteroatoms. The predicted molar refractivity (Wildman–Crippen MR) is 71.2 cm³/mol. The summed E-state index contributed by atoms with van der Waals surface area (Å²) in [5, 5.41) is 0. The quantitative estimate of drug-likeness (QED) is 0.812. The van der Waals surface area contributed by atoms with E-state index in [-0.39, 0.29) is 11.5 Å². The molecule has 1 aromatic rings. The lowest BCUT2D eigenvalue weighted by atomic mass is 9.86. The molecule has 0 bridgehead atoms. The highest BCUT2D eigenvalue weighted by atomic mass is 16.5. The van der Waals surface area contributed by atoms with E-state index in [1.165, 1.54) is 6.33 Å². The lowest BCUT2D eigenvalue weighted by Gasteiger charge is -2.47. The number of nitrogens with zero attached hydrogens (tertiary/aromatic N) is 3. The molecule has 1 atom stereocenters. The zero-order chi connectivity index (χ0) is 14.0. The molecule has 2 fully saturated rings. The lowest BCUT2D eigenvalue weighted by Crippen LogP contribution is -2.63. The summed E-state index contributed by atoms with van der Waals surface area (Å²) in [5.41, 5.74) is 0.417. The summed E-state index contributed by atoms with van der Waals surface area (Å²) in [6, 6.07) is 0. The van der Waals surface area contributed by atoms with E-state index in [9.17, 15) is 4.79 Å². The topological polar surface area (TPSA) is 64.6 Å². The normalized spacial score (nSPS) is 23.9. The summed E-state index contributed by atoms with van der Waals surface area (Å²) in [4.78, 5) is 21.7. The van der Waals surface area contributed by atoms with Crippen LogP contribution < -0.4 is 0 Å². The first kappa shape index (κ1) is 13.5. The maximum Gasteiger partial charge on any atom is 0.257 e. The highest BCUT2D eigenvalue weighted by Crippen LogP contribution is 2.39. The molecule has 2 saturated heterocycles. The number of aromatic nitrogens is 2. The van der Waals surface area contributed by atoms with Gasteiger partial charge in [-0.2, -0.15) is 0 Å². The van der Waals surface area contributed by atoms with Crippen LogP contribution in [0.5, 0.6) is 0 Å². The second-order valence-corrected chi connectivity index (χ2v) is 5.63. The minimum Gasteiger partial charge on any atom is -0.385 e. The van der Waals surface area contributed by atoms with Gasteiger partial charge >= 0.3 is 0 Å². The molecule has 20 heavy (non-hydrogen) atoms. The monoisotopic (exact) mass is 277 g/mol. The maximum absolute atomic E-state index is 12.2. The van der Waals surface area contributed by atoms with E-state index in [0.717, 1.165) is 26.1 Å². The van der Waals surface area contributed by atoms with Crippen molar-refractivity contribution < 1.29 is 14.3 Å². The van der Waals surface area contributed by atoms with Gasteiger partial charge in [-0.15, -0.1) is 0 Å². The van der Waals surface area contributed by atoms with Crippen molar-refractivity contribution in [3.63, 3.8) is 0 Å². The Labute approximate surface area is 118 Å². The zero-order valence-electron chi connectivity index (χ0n) is 11.6. The third-order valence-corrected chi connectivity index (χ3v) is 4.07. The van der Waals surface area contributed by atoms with Gasteiger partial charge in [-0.1, -0.05) is 0 Å². The van der Waals surface area contributed by atoms with Crippen LogP contribution in [0.25, 0.3) is 0 Å². The number of ether oxygens (including phenoxy) is 2. The Morgan fingerprint density at radius 2 is 2.25 bits per heavy atom. The van der Waals surface area contributed by atoms with Gasteiger partial charge in [0.2, 0.25) is 0 Å². The van der Waals surface area contributed by atoms with Gasteiger partial charge in [0.1, 0.15) is 11.9 Å². The van der Waals surface area contributed by atoms with Crippen LogP contribution in [0.2, 0.25) is 0 Å². The fourth-order valence-corrected chi connectivity index (χ4v) is 3.01. The maximum atomic E-state index is 12.2. The molecule has 3 rings (SSSR count). The molecule has 108 valence electrons. The fraction of sp³-hybridized carbons (Fsp3) is 0.643. The number of hydrogen-bond donors (Lipinski definition) is 0. The first-order valence-electron chi connectivity index (χ1n) is 6.90. The Morgan fingerprint density at radius 1 is 1.50 bits per heavy atom. The number of hydrogen-bond acceptors (Lipinski definition) is 5. The number of likely N-dealkylation sites (tertiary alicyclic amines) is 1. The lowest BCUT2D eigenvalue weighted by molar-refractivity contribution is -0.0950. The van der Waals surface area contributed by atoms with Crippen LogP contribution in [0.3, 0.4) is 0 Å². The number of amides is 1. The van der Waals surface area contributed by atoms with Crippen LogP contribution >= 0.6 is 0 Å². The summed E-state index contributed by atoms with van der Waals surface area (Å²) in [6.07, 6.45) is 6.58. The summed E-state index contributed by atoms with van der Waals surface area (Å²) < 4.78 is 11.0. The number of carbonyl (C=O) groups excluding carboxylic acids is 1. The standard InChI is InChI=1S/C14H19N3O3/c1-19-3-2-11-4-14(20-7-11)8-17(9-14)13(18)12-5-15-10-16-6-12/h5-6,10-11H,2-4,7-9H2,1H3. The second-order valence-electron chi connectivity index (χ2n) is 5.63. The molecule has 0 aromatic carbocycles. The summed E-state index contributed by atoms with van der Waals surface area (Å²) >= 11 is 0. The minimum absolute atomic E-state index is 0.0137. The van der Waals surface area contributed by atoms with Crippen molar-refractivity contribution in [2.45, 2.75) is 18.4 Å². The third-order valence-electron chi connectivity index (χ3n) is 4.07. The van der Waals surface area contributed by atoms with Gasteiger partial charge in [0.25, 0.3) is 5.91 Å². The summed E-state index contributed by atoms with van der Waals surface area (Å²) in [5.74, 6) is 0.535. The third kappa shape index (κ3) is 2.53. The van der Waals surface area contributed by atoms with Gasteiger partial charge < -0.3 is 14.4 Å². The van der Waals surface area contributed by atoms with Crippen molar-refractivity contribution in [2.75, 3.05) is 33.4 Å². The molecule has 1 aromatic heterocycles. The van der Waals surface area contributed by atoms with Gasteiger partial charge in [0, 0.05) is 26.1 Å². The molecule has 2 aliphatic rings. The van der Waals surface area contributed by atoms with Crippen molar-refractivity contribution in [1.29, 1.82) is 0 Å². The van der Waals surface area contributed by atoms with Gasteiger partial charge in [-0.25, -0.2) is 9.97 Å². The van der Waals surface area contributed by atoms with E-state index in [4.69, 9.17) is 9.47 Å². The zero-order valence-corrected chi connectivity index (χ0v) is 11.6. The SMILES string of the molecule is COCCC1COC2(C1)CN(C(=O)c1cncnc1)C2. The molecule has 6 nitrogen and oxygen atoms in total. The van der Waals surface area contributed by atoms with E-state index in [2.05, 4.69) is 9.97 Å². The molecule has 0 radical (unpaired) electrons. The number of rotatable bonds is 4. The van der Waals surface area contributed by atoms with Crippen LogP contribution in [-0.4, -0.2) is 59.8 Å². The first-order chi connectivity index (χ1) is 9.72. The smallest absolute Gasteiger partial charge is 0.257 e. The van der Waals surface area contributed by atoms with Gasteiger partial charge in [0.05, 0.1) is 25.3 Å². The molecule has 1 spiro atoms. The summed E-state index contributed by atoms with van der Waals surface area (Å²) in [6.45, 7) is 2.89. The Morgan fingerprint density at radius 3 is 2.95 bits per heavy atom. The van der Waals surface area contributed by atoms with Crippen LogP contribution in [0, 0.1) is 5.92 Å². The first-order valence-corrected chi connectivity index (χ1v) is 6.90. The van der Waals surface area contributed by atoms with Gasteiger partial charge in [0.15, 0.2) is 0 Å². The second kappa shape index (κ2) is 5.46. The number of methoxy groups -OCH3 is 1. The molecule has 0 N–H and O–H groups in total. The largest absolute Gasteiger partial charge is 0.385 e. The van der Waals surface area contributed by atoms with E-state index in [1.807, 2.05) is 0 Å². The van der Waals surface area contributed by atoms with Gasteiger partial charge in [-0.05, 0) is 18.8 Å². The molecule has 2 aliphatic heterocycles. The average Bonchev–Trinajstić information content (AvgIpc) is 2.88. The Bertz CT molecular complexity index is 474. The molecule has 3 heterocycles. The van der Waals surface area contributed by atoms with Crippen LogP contribution in [0.4, 0.5) is 0 Å². The molecule has 1 unspecified atom stereocenters.